The van der Waals surface area contributed by atoms with Crippen LogP contribution in [0.1, 0.15) is 65.3 Å². The average Bonchev–Trinajstić information content (AvgIpc) is 2.95. The minimum absolute atomic E-state index is 0.0809. The molecule has 39 heavy (non-hydrogen) atoms. The van der Waals surface area contributed by atoms with Gasteiger partial charge in [-0.3, -0.25) is 4.79 Å². The molecule has 0 spiro atoms. The molecule has 0 aliphatic rings. The van der Waals surface area contributed by atoms with E-state index >= 15 is 0 Å². The molecule has 0 fully saturated rings. The Hall–Kier alpha value is -3.78. The number of rotatable bonds is 15. The van der Waals surface area contributed by atoms with Crippen LogP contribution in [0.5, 0.6) is 11.5 Å². The Labute approximate surface area is 233 Å². The summed E-state index contributed by atoms with van der Waals surface area (Å²) < 4.78 is 11.2. The molecular formula is C31H35NO6S. The molecule has 7 nitrogen and oxygen atoms in total. The molecule has 2 N–H and O–H groups in total. The highest BCUT2D eigenvalue weighted by Crippen LogP contribution is 2.19. The number of esters is 1. The number of nitrogens with one attached hydrogen (secondary N) is 1. The van der Waals surface area contributed by atoms with Crippen molar-refractivity contribution in [2.24, 2.45) is 0 Å². The van der Waals surface area contributed by atoms with Crippen LogP contribution in [0.3, 0.4) is 0 Å². The van der Waals surface area contributed by atoms with Gasteiger partial charge in [0.25, 0.3) is 5.91 Å². The molecule has 3 aromatic carbocycles. The topological polar surface area (TPSA) is 102 Å². The van der Waals surface area contributed by atoms with Crippen LogP contribution in [-0.4, -0.2) is 41.9 Å². The number of carboxylic acid groups (broad SMARTS) is 1. The van der Waals surface area contributed by atoms with Crippen molar-refractivity contribution >= 4 is 29.6 Å². The maximum absolute atomic E-state index is 12.6. The van der Waals surface area contributed by atoms with Gasteiger partial charge < -0.3 is 19.9 Å². The van der Waals surface area contributed by atoms with Crippen molar-refractivity contribution in [3.63, 3.8) is 0 Å². The number of carbonyl (C=O) groups is 3. The summed E-state index contributed by atoms with van der Waals surface area (Å²) in [6.07, 6.45) is 7.81. The first-order chi connectivity index (χ1) is 18.9. The van der Waals surface area contributed by atoms with Crippen molar-refractivity contribution in [3.05, 3.63) is 89.5 Å². The lowest BCUT2D eigenvalue weighted by atomic mass is 10.1. The fraction of sp³-hybridized carbons (Fsp3) is 0.323. The van der Waals surface area contributed by atoms with Gasteiger partial charge in [-0.05, 0) is 72.8 Å². The first-order valence-corrected chi connectivity index (χ1v) is 14.3. The molecule has 0 saturated heterocycles. The maximum Gasteiger partial charge on any atom is 0.343 e. The van der Waals surface area contributed by atoms with Gasteiger partial charge in [0.15, 0.2) is 0 Å². The normalized spacial score (nSPS) is 11.4. The third-order valence-corrected chi connectivity index (χ3v) is 6.84. The van der Waals surface area contributed by atoms with Crippen LogP contribution in [-0.2, 0) is 11.2 Å². The number of unbranched alkanes of at least 4 members (excludes halogenated alkanes) is 4. The van der Waals surface area contributed by atoms with Crippen molar-refractivity contribution in [1.82, 2.24) is 5.32 Å². The molecule has 8 heteroatoms. The number of hydrogen-bond acceptors (Lipinski definition) is 6. The zero-order valence-corrected chi connectivity index (χ0v) is 23.2. The van der Waals surface area contributed by atoms with Crippen LogP contribution in [0.15, 0.2) is 77.7 Å². The number of aliphatic carboxylic acids is 1. The van der Waals surface area contributed by atoms with Crippen LogP contribution < -0.4 is 14.8 Å². The summed E-state index contributed by atoms with van der Waals surface area (Å²) in [7, 11) is 0. The molecule has 0 aliphatic heterocycles. The predicted octanol–water partition coefficient (Wildman–Crippen LogP) is 6.40. The van der Waals surface area contributed by atoms with Crippen molar-refractivity contribution in [3.8, 4) is 11.5 Å². The number of carbonyl (C=O) groups excluding carboxylic acids is 2. The Balaban J connectivity index is 1.51. The van der Waals surface area contributed by atoms with Crippen LogP contribution in [0.2, 0.25) is 0 Å². The summed E-state index contributed by atoms with van der Waals surface area (Å²) in [5.41, 5.74) is 1.47. The molecule has 0 radical (unpaired) electrons. The Bertz CT molecular complexity index is 1230. The first-order valence-electron chi connectivity index (χ1n) is 13.1. The molecule has 1 atom stereocenters. The van der Waals surface area contributed by atoms with E-state index < -0.39 is 23.9 Å². The minimum atomic E-state index is -1.14. The smallest absolute Gasteiger partial charge is 0.343 e. The summed E-state index contributed by atoms with van der Waals surface area (Å²) in [4.78, 5) is 37.9. The molecule has 3 rings (SSSR count). The van der Waals surface area contributed by atoms with Gasteiger partial charge in [-0.2, -0.15) is 0 Å². The van der Waals surface area contributed by atoms with Crippen LogP contribution in [0, 0.1) is 0 Å². The van der Waals surface area contributed by atoms with Gasteiger partial charge >= 0.3 is 11.9 Å². The van der Waals surface area contributed by atoms with Gasteiger partial charge in [-0.25, -0.2) is 9.59 Å². The van der Waals surface area contributed by atoms with Gasteiger partial charge in [0, 0.05) is 16.9 Å². The standard InChI is InChI=1S/C31H35NO6S/c1-3-4-5-6-7-19-37-25-17-13-23(14-18-25)31(36)38-26-15-11-22(12-16-26)20-28(30(34)35)32-29(33)24-9-8-10-27(21-24)39-2/h8-18,21,28H,3-7,19-20H2,1-2H3,(H,32,33)(H,34,35). The van der Waals surface area contributed by atoms with Gasteiger partial charge in [0.05, 0.1) is 12.2 Å². The second-order valence-electron chi connectivity index (χ2n) is 9.12. The van der Waals surface area contributed by atoms with Crippen molar-refractivity contribution in [2.75, 3.05) is 12.9 Å². The van der Waals surface area contributed by atoms with E-state index in [9.17, 15) is 19.5 Å². The molecule has 206 valence electrons. The van der Waals surface area contributed by atoms with Crippen molar-refractivity contribution < 1.29 is 29.0 Å². The summed E-state index contributed by atoms with van der Waals surface area (Å²) in [6, 6.07) is 19.3. The second-order valence-corrected chi connectivity index (χ2v) is 10.0. The van der Waals surface area contributed by atoms with E-state index in [0.29, 0.717) is 34.8 Å². The first kappa shape index (κ1) is 29.8. The highest BCUT2D eigenvalue weighted by Gasteiger charge is 2.21. The zero-order chi connectivity index (χ0) is 28.0. The third kappa shape index (κ3) is 9.80. The van der Waals surface area contributed by atoms with E-state index in [2.05, 4.69) is 12.2 Å². The Morgan fingerprint density at radius 2 is 1.56 bits per heavy atom. The molecule has 1 amide bonds. The highest BCUT2D eigenvalue weighted by molar-refractivity contribution is 7.98. The zero-order valence-electron chi connectivity index (χ0n) is 22.4. The quantitative estimate of drug-likeness (QED) is 0.0978. The second kappa shape index (κ2) is 15.6. The highest BCUT2D eigenvalue weighted by atomic mass is 32.2. The molecule has 0 aromatic heterocycles. The number of benzene rings is 3. The van der Waals surface area contributed by atoms with E-state index in [4.69, 9.17) is 9.47 Å². The minimum Gasteiger partial charge on any atom is -0.494 e. The number of amides is 1. The maximum atomic E-state index is 12.6. The fourth-order valence-electron chi connectivity index (χ4n) is 3.88. The van der Waals surface area contributed by atoms with Crippen LogP contribution >= 0.6 is 11.8 Å². The monoisotopic (exact) mass is 549 g/mol. The van der Waals surface area contributed by atoms with Gasteiger partial charge in [0.1, 0.15) is 17.5 Å². The molecule has 1 unspecified atom stereocenters. The molecule has 0 aliphatic carbocycles. The van der Waals surface area contributed by atoms with E-state index in [1.54, 1.807) is 66.7 Å². The lowest BCUT2D eigenvalue weighted by molar-refractivity contribution is -0.139. The SMILES string of the molecule is CCCCCCCOc1ccc(C(=O)Oc2ccc(CC(NC(=O)c3cccc(SC)c3)C(=O)O)cc2)cc1. The largest absolute Gasteiger partial charge is 0.494 e. The molecule has 0 heterocycles. The number of hydrogen-bond donors (Lipinski definition) is 2. The summed E-state index contributed by atoms with van der Waals surface area (Å²) in [5.74, 6) is -1.04. The molecule has 0 saturated carbocycles. The molecule has 0 bridgehead atoms. The van der Waals surface area contributed by atoms with Crippen molar-refractivity contribution in [1.29, 1.82) is 0 Å². The summed E-state index contributed by atoms with van der Waals surface area (Å²) in [5, 5.41) is 12.2. The Kier molecular flexibility index (Phi) is 11.9. The molecule has 3 aromatic rings. The van der Waals surface area contributed by atoms with E-state index in [1.165, 1.54) is 31.0 Å². The Morgan fingerprint density at radius 3 is 2.23 bits per heavy atom. The summed E-state index contributed by atoms with van der Waals surface area (Å²) >= 11 is 1.50. The van der Waals surface area contributed by atoms with E-state index in [1.807, 2.05) is 12.3 Å². The van der Waals surface area contributed by atoms with Crippen LogP contribution in [0.4, 0.5) is 0 Å². The van der Waals surface area contributed by atoms with Gasteiger partial charge in [0.2, 0.25) is 0 Å². The van der Waals surface area contributed by atoms with Crippen molar-refractivity contribution in [2.45, 2.75) is 56.4 Å². The van der Waals surface area contributed by atoms with Gasteiger partial charge in [-0.15, -0.1) is 11.8 Å². The van der Waals surface area contributed by atoms with Crippen LogP contribution in [0.25, 0.3) is 0 Å². The van der Waals surface area contributed by atoms with E-state index in [-0.39, 0.29) is 6.42 Å². The fourth-order valence-corrected chi connectivity index (χ4v) is 4.34. The third-order valence-electron chi connectivity index (χ3n) is 6.12. The molecular weight excluding hydrogens is 514 g/mol. The number of ether oxygens (including phenoxy) is 2. The lowest BCUT2D eigenvalue weighted by Crippen LogP contribution is -2.42. The van der Waals surface area contributed by atoms with Gasteiger partial charge in [-0.1, -0.05) is 50.8 Å². The lowest BCUT2D eigenvalue weighted by Gasteiger charge is -2.15. The summed E-state index contributed by atoms with van der Waals surface area (Å²) in [6.45, 7) is 2.84. The predicted molar refractivity (Wildman–Crippen MR) is 153 cm³/mol. The number of carboxylic acids is 1. The average molecular weight is 550 g/mol. The Morgan fingerprint density at radius 1 is 0.872 bits per heavy atom. The van der Waals surface area contributed by atoms with E-state index in [0.717, 1.165) is 17.7 Å². The number of thioether (sulfide) groups is 1.